The van der Waals surface area contributed by atoms with E-state index in [1.165, 1.54) is 30.3 Å². The number of amides is 2. The van der Waals surface area contributed by atoms with E-state index in [1.807, 2.05) is 13.8 Å². The molecule has 0 unspecified atom stereocenters. The number of rotatable bonds is 5. The van der Waals surface area contributed by atoms with E-state index >= 15 is 4.39 Å². The van der Waals surface area contributed by atoms with E-state index in [9.17, 15) is 18.0 Å². The van der Waals surface area contributed by atoms with Gasteiger partial charge in [0, 0.05) is 29.9 Å². The number of benzene rings is 1. The molecule has 2 aromatic heterocycles. The van der Waals surface area contributed by atoms with Crippen LogP contribution in [-0.4, -0.2) is 39.3 Å². The number of aromatic nitrogens is 3. The molecule has 2 amide bonds. The van der Waals surface area contributed by atoms with Crippen molar-refractivity contribution in [1.82, 2.24) is 15.0 Å². The fourth-order valence-corrected chi connectivity index (χ4v) is 4.09. The Labute approximate surface area is 209 Å². The van der Waals surface area contributed by atoms with E-state index in [2.05, 4.69) is 25.6 Å². The highest BCUT2D eigenvalue weighted by Crippen LogP contribution is 2.35. The van der Waals surface area contributed by atoms with Crippen LogP contribution in [0.4, 0.5) is 45.5 Å². The molecule has 0 atom stereocenters. The number of nitrogens with one attached hydrogen (secondary N) is 3. The highest BCUT2D eigenvalue weighted by molar-refractivity contribution is 6.16. The molecule has 0 bridgehead atoms. The third-order valence-electron chi connectivity index (χ3n) is 5.80. The quantitative estimate of drug-likeness (QED) is 0.286. The maximum absolute atomic E-state index is 15.6. The number of urea groups is 1. The van der Waals surface area contributed by atoms with Gasteiger partial charge in [0.15, 0.2) is 0 Å². The second-order valence-electron chi connectivity index (χ2n) is 8.80. The summed E-state index contributed by atoms with van der Waals surface area (Å²) in [4.78, 5) is 26.0. The second kappa shape index (κ2) is 9.64. The molecule has 13 heteroatoms. The zero-order chi connectivity index (χ0) is 27.1. The summed E-state index contributed by atoms with van der Waals surface area (Å²) < 4.78 is 55.2. The maximum atomic E-state index is 15.6. The van der Waals surface area contributed by atoms with Crippen molar-refractivity contribution in [1.29, 1.82) is 5.41 Å². The molecule has 0 saturated heterocycles. The molecule has 1 aliphatic rings. The van der Waals surface area contributed by atoms with Crippen LogP contribution in [0.5, 0.6) is 0 Å². The normalized spacial score (nSPS) is 13.0. The average molecular weight is 517 g/mol. The summed E-state index contributed by atoms with van der Waals surface area (Å²) in [6, 6.07) is 2.79. The number of aryl methyl sites for hydroxylation is 1. The van der Waals surface area contributed by atoms with Crippen molar-refractivity contribution in [2.75, 3.05) is 27.8 Å². The van der Waals surface area contributed by atoms with Gasteiger partial charge in [0.1, 0.15) is 29.6 Å². The highest BCUT2D eigenvalue weighted by atomic mass is 19.4. The molecule has 1 aromatic carbocycles. The minimum atomic E-state index is -4.60. The largest absolute Gasteiger partial charge is 0.416 e. The topological polar surface area (TPSA) is 133 Å². The number of carbonyl (C=O) groups excluding carboxylic acids is 1. The first-order valence-corrected chi connectivity index (χ1v) is 11.3. The van der Waals surface area contributed by atoms with Gasteiger partial charge in [0.25, 0.3) is 0 Å². The van der Waals surface area contributed by atoms with Crippen LogP contribution in [0, 0.1) is 18.2 Å². The van der Waals surface area contributed by atoms with Crippen molar-refractivity contribution in [3.63, 3.8) is 0 Å². The van der Waals surface area contributed by atoms with Gasteiger partial charge in [-0.15, -0.1) is 0 Å². The number of alkyl halides is 3. The fraction of sp³-hybridized carbons (Fsp3) is 0.292. The molecule has 194 valence electrons. The third-order valence-corrected chi connectivity index (χ3v) is 5.80. The summed E-state index contributed by atoms with van der Waals surface area (Å²) in [7, 11) is 0. The molecule has 5 N–H and O–H groups in total. The van der Waals surface area contributed by atoms with E-state index in [0.717, 1.165) is 12.3 Å². The first-order valence-electron chi connectivity index (χ1n) is 11.3. The number of nitrogens with zero attached hydrogens (tertiary/aromatic N) is 4. The Morgan fingerprint density at radius 1 is 1.22 bits per heavy atom. The average Bonchev–Trinajstić information content (AvgIpc) is 3.24. The van der Waals surface area contributed by atoms with Gasteiger partial charge >= 0.3 is 12.2 Å². The zero-order valence-electron chi connectivity index (χ0n) is 20.2. The molecule has 0 saturated carbocycles. The summed E-state index contributed by atoms with van der Waals surface area (Å²) in [5.41, 5.74) is 5.30. The Hall–Kier alpha value is -4.29. The first kappa shape index (κ1) is 25.8. The molecule has 0 aliphatic carbocycles. The van der Waals surface area contributed by atoms with Crippen LogP contribution in [0.2, 0.25) is 0 Å². The van der Waals surface area contributed by atoms with Gasteiger partial charge in [-0.3, -0.25) is 15.6 Å². The van der Waals surface area contributed by atoms with Crippen molar-refractivity contribution in [3.8, 4) is 0 Å². The van der Waals surface area contributed by atoms with E-state index in [4.69, 9.17) is 11.1 Å². The number of hydrogen-bond acceptors (Lipinski definition) is 7. The van der Waals surface area contributed by atoms with Crippen LogP contribution in [0.15, 0.2) is 30.7 Å². The molecule has 4 rings (SSSR count). The minimum absolute atomic E-state index is 0.00729. The molecule has 3 aromatic rings. The highest BCUT2D eigenvalue weighted by Gasteiger charge is 2.34. The predicted molar refractivity (Wildman–Crippen MR) is 132 cm³/mol. The lowest BCUT2D eigenvalue weighted by Gasteiger charge is -2.20. The standard InChI is InChI=1S/C24H24F4N8O/c1-11(2)34-22-18(21(30)32-10-33-22)20(29)14-4-5-16-13(19(14)25)6-7-36(16)23(37)35-17-8-15(24(26,27)28)12(3)9-31-17/h4-5,8-11,29H,6-7H2,1-3H3,(H,31,35,37)(H3,30,32,33,34). The van der Waals surface area contributed by atoms with Gasteiger partial charge in [0.05, 0.1) is 22.5 Å². The number of nitrogens with two attached hydrogens (primary N) is 1. The van der Waals surface area contributed by atoms with E-state index in [1.54, 1.807) is 0 Å². The van der Waals surface area contributed by atoms with Gasteiger partial charge in [-0.05, 0) is 51.0 Å². The smallest absolute Gasteiger partial charge is 0.383 e. The number of pyridine rings is 1. The van der Waals surface area contributed by atoms with Crippen LogP contribution in [0.25, 0.3) is 0 Å². The molecule has 0 fully saturated rings. The van der Waals surface area contributed by atoms with E-state index < -0.39 is 23.6 Å². The number of halogens is 4. The Morgan fingerprint density at radius 3 is 2.62 bits per heavy atom. The summed E-state index contributed by atoms with van der Waals surface area (Å²) in [5.74, 6) is -0.686. The van der Waals surface area contributed by atoms with Crippen LogP contribution in [0.3, 0.4) is 0 Å². The molecule has 0 radical (unpaired) electrons. The zero-order valence-corrected chi connectivity index (χ0v) is 20.2. The number of nitrogen functional groups attached to an aromatic ring is 1. The second-order valence-corrected chi connectivity index (χ2v) is 8.80. The molecular weight excluding hydrogens is 492 g/mol. The van der Waals surface area contributed by atoms with Gasteiger partial charge in [-0.1, -0.05) is 0 Å². The van der Waals surface area contributed by atoms with Gasteiger partial charge < -0.3 is 11.1 Å². The lowest BCUT2D eigenvalue weighted by molar-refractivity contribution is -0.138. The number of hydrogen-bond donors (Lipinski definition) is 4. The summed E-state index contributed by atoms with van der Waals surface area (Å²) >= 11 is 0. The number of carbonyl (C=O) groups is 1. The van der Waals surface area contributed by atoms with E-state index in [-0.39, 0.29) is 70.1 Å². The van der Waals surface area contributed by atoms with Crippen LogP contribution < -0.4 is 21.3 Å². The third kappa shape index (κ3) is 5.01. The molecule has 37 heavy (non-hydrogen) atoms. The molecule has 1 aliphatic heterocycles. The molecule has 0 spiro atoms. The van der Waals surface area contributed by atoms with E-state index in [0.29, 0.717) is 0 Å². The SMILES string of the molecule is Cc1cnc(NC(=O)N2CCc3c2ccc(C(=N)c2c(N)ncnc2NC(C)C)c3F)cc1C(F)(F)F. The fourth-order valence-electron chi connectivity index (χ4n) is 4.09. The minimum Gasteiger partial charge on any atom is -0.383 e. The predicted octanol–water partition coefficient (Wildman–Crippen LogP) is 4.75. The van der Waals surface area contributed by atoms with Gasteiger partial charge in [-0.25, -0.2) is 24.1 Å². The Morgan fingerprint density at radius 2 is 1.95 bits per heavy atom. The van der Waals surface area contributed by atoms with Crippen molar-refractivity contribution >= 4 is 34.9 Å². The number of fused-ring (bicyclic) bond motifs is 1. The Balaban J connectivity index is 1.62. The maximum Gasteiger partial charge on any atom is 0.416 e. The van der Waals surface area contributed by atoms with Crippen LogP contribution in [0.1, 0.15) is 41.7 Å². The monoisotopic (exact) mass is 516 g/mol. The molecule has 9 nitrogen and oxygen atoms in total. The lowest BCUT2D eigenvalue weighted by atomic mass is 9.98. The summed E-state index contributed by atoms with van der Waals surface area (Å²) in [5, 5.41) is 14.1. The van der Waals surface area contributed by atoms with Crippen LogP contribution >= 0.6 is 0 Å². The Kier molecular flexibility index (Phi) is 6.72. The first-order chi connectivity index (χ1) is 17.4. The van der Waals surface area contributed by atoms with Crippen molar-refractivity contribution in [2.24, 2.45) is 0 Å². The number of anilines is 4. The lowest BCUT2D eigenvalue weighted by Crippen LogP contribution is -2.33. The summed E-state index contributed by atoms with van der Waals surface area (Å²) in [6.45, 7) is 5.10. The van der Waals surface area contributed by atoms with Crippen molar-refractivity contribution in [3.05, 3.63) is 64.4 Å². The van der Waals surface area contributed by atoms with Gasteiger partial charge in [-0.2, -0.15) is 13.2 Å². The van der Waals surface area contributed by atoms with Crippen molar-refractivity contribution < 1.29 is 22.4 Å². The molecule has 3 heterocycles. The van der Waals surface area contributed by atoms with Gasteiger partial charge in [0.2, 0.25) is 0 Å². The summed E-state index contributed by atoms with van der Waals surface area (Å²) in [6.07, 6.45) is -2.19. The van der Waals surface area contributed by atoms with Crippen LogP contribution in [-0.2, 0) is 12.6 Å². The molecular formula is C24H24F4N8O. The Bertz CT molecular complexity index is 1390. The van der Waals surface area contributed by atoms with Crippen molar-refractivity contribution in [2.45, 2.75) is 39.4 Å².